The van der Waals surface area contributed by atoms with Gasteiger partial charge in [-0.05, 0) is 33.6 Å². The Morgan fingerprint density at radius 2 is 2.00 bits per heavy atom. The van der Waals surface area contributed by atoms with E-state index in [2.05, 4.69) is 26.0 Å². The molecule has 7 heteroatoms. The first-order chi connectivity index (χ1) is 10.0. The quantitative estimate of drug-likeness (QED) is 0.835. The number of carbonyl (C=O) groups is 2. The number of rotatable bonds is 4. The first kappa shape index (κ1) is 15.7. The molecule has 0 aliphatic rings. The molecule has 0 bridgehead atoms. The number of ether oxygens (including phenoxy) is 1. The monoisotopic (exact) mass is 371 g/mol. The fraction of sp³-hybridized carbons (Fsp3) is 0.143. The van der Waals surface area contributed by atoms with Crippen molar-refractivity contribution in [3.8, 4) is 0 Å². The molecule has 1 aromatic heterocycles. The van der Waals surface area contributed by atoms with Crippen LogP contribution in [0.5, 0.6) is 0 Å². The minimum absolute atomic E-state index is 0.0865. The molecule has 0 aliphatic carbocycles. The normalized spacial score (nSPS) is 10.2. The van der Waals surface area contributed by atoms with Crippen molar-refractivity contribution in [2.45, 2.75) is 6.42 Å². The van der Waals surface area contributed by atoms with Gasteiger partial charge in [0, 0.05) is 5.38 Å². The van der Waals surface area contributed by atoms with E-state index in [0.717, 1.165) is 0 Å². The topological polar surface area (TPSA) is 55.4 Å². The van der Waals surface area contributed by atoms with Crippen molar-refractivity contribution in [1.82, 2.24) is 0 Å². The standard InChI is InChI=1S/C14H11BrFNO3S/c1-20-14(19)13-12(10(15)7-21-13)17-11(18)6-8-2-4-9(16)5-3-8/h2-5,7H,6H2,1H3,(H,17,18). The van der Waals surface area contributed by atoms with Gasteiger partial charge in [0.25, 0.3) is 0 Å². The van der Waals surface area contributed by atoms with Gasteiger partial charge in [0.1, 0.15) is 10.7 Å². The zero-order valence-electron chi connectivity index (χ0n) is 11.0. The summed E-state index contributed by atoms with van der Waals surface area (Å²) in [4.78, 5) is 23.9. The highest BCUT2D eigenvalue weighted by atomic mass is 79.9. The molecule has 1 aromatic carbocycles. The summed E-state index contributed by atoms with van der Waals surface area (Å²) in [6, 6.07) is 5.67. The molecular weight excluding hydrogens is 361 g/mol. The van der Waals surface area contributed by atoms with Crippen molar-refractivity contribution >= 4 is 44.8 Å². The predicted octanol–water partition coefficient (Wildman–Crippen LogP) is 3.62. The summed E-state index contributed by atoms with van der Waals surface area (Å²) < 4.78 is 18.1. The van der Waals surface area contributed by atoms with E-state index in [1.54, 1.807) is 17.5 Å². The number of anilines is 1. The van der Waals surface area contributed by atoms with Crippen LogP contribution in [0.2, 0.25) is 0 Å². The lowest BCUT2D eigenvalue weighted by atomic mass is 10.1. The molecule has 0 atom stereocenters. The summed E-state index contributed by atoms with van der Waals surface area (Å²) >= 11 is 4.45. The van der Waals surface area contributed by atoms with Crippen molar-refractivity contribution in [1.29, 1.82) is 0 Å². The molecule has 0 aliphatic heterocycles. The third-order valence-corrected chi connectivity index (χ3v) is 4.55. The predicted molar refractivity (Wildman–Crippen MR) is 82.1 cm³/mol. The molecule has 1 heterocycles. The second-order valence-corrected chi connectivity index (χ2v) is 5.86. The van der Waals surface area contributed by atoms with E-state index in [0.29, 0.717) is 20.6 Å². The fourth-order valence-corrected chi connectivity index (χ4v) is 3.17. The Morgan fingerprint density at radius 3 is 2.62 bits per heavy atom. The highest BCUT2D eigenvalue weighted by molar-refractivity contribution is 9.10. The van der Waals surface area contributed by atoms with Crippen LogP contribution in [0.4, 0.5) is 10.1 Å². The number of halogens is 2. The maximum absolute atomic E-state index is 12.8. The Bertz CT molecular complexity index is 669. The second-order valence-electron chi connectivity index (χ2n) is 4.13. The van der Waals surface area contributed by atoms with E-state index >= 15 is 0 Å². The van der Waals surface area contributed by atoms with Crippen LogP contribution in [-0.4, -0.2) is 19.0 Å². The highest BCUT2D eigenvalue weighted by Crippen LogP contribution is 2.33. The van der Waals surface area contributed by atoms with Crippen LogP contribution in [0.15, 0.2) is 34.1 Å². The first-order valence-corrected chi connectivity index (χ1v) is 7.58. The minimum Gasteiger partial charge on any atom is -0.465 e. The number of carbonyl (C=O) groups excluding carboxylic acids is 2. The van der Waals surface area contributed by atoms with Gasteiger partial charge >= 0.3 is 5.97 Å². The number of nitrogens with one attached hydrogen (secondary N) is 1. The summed E-state index contributed by atoms with van der Waals surface area (Å²) in [5.74, 6) is -1.17. The Balaban J connectivity index is 2.11. The number of thiophene rings is 1. The highest BCUT2D eigenvalue weighted by Gasteiger charge is 2.19. The van der Waals surface area contributed by atoms with Gasteiger partial charge in [0.05, 0.1) is 23.7 Å². The van der Waals surface area contributed by atoms with Crippen LogP contribution in [0.3, 0.4) is 0 Å². The van der Waals surface area contributed by atoms with Crippen molar-refractivity contribution in [2.75, 3.05) is 12.4 Å². The summed E-state index contributed by atoms with van der Waals surface area (Å²) in [7, 11) is 1.28. The van der Waals surface area contributed by atoms with Crippen molar-refractivity contribution in [2.24, 2.45) is 0 Å². The van der Waals surface area contributed by atoms with Gasteiger partial charge < -0.3 is 10.1 Å². The zero-order valence-corrected chi connectivity index (χ0v) is 13.4. The Hall–Kier alpha value is -1.73. The lowest BCUT2D eigenvalue weighted by Crippen LogP contribution is -2.16. The summed E-state index contributed by atoms with van der Waals surface area (Å²) in [5, 5.41) is 4.36. The molecule has 110 valence electrons. The molecule has 2 rings (SSSR count). The minimum atomic E-state index is -0.511. The molecule has 0 radical (unpaired) electrons. The molecule has 4 nitrogen and oxygen atoms in total. The molecule has 21 heavy (non-hydrogen) atoms. The van der Waals surface area contributed by atoms with Gasteiger partial charge in [0.2, 0.25) is 5.91 Å². The zero-order chi connectivity index (χ0) is 15.4. The Morgan fingerprint density at radius 1 is 1.33 bits per heavy atom. The fourth-order valence-electron chi connectivity index (χ4n) is 1.67. The van der Waals surface area contributed by atoms with E-state index in [-0.39, 0.29) is 18.1 Å². The third kappa shape index (κ3) is 3.89. The smallest absolute Gasteiger partial charge is 0.350 e. The maximum atomic E-state index is 12.8. The molecule has 2 aromatic rings. The van der Waals surface area contributed by atoms with E-state index in [1.807, 2.05) is 0 Å². The maximum Gasteiger partial charge on any atom is 0.350 e. The van der Waals surface area contributed by atoms with Crippen molar-refractivity contribution in [3.05, 3.63) is 50.4 Å². The molecule has 0 spiro atoms. The number of esters is 1. The van der Waals surface area contributed by atoms with Crippen LogP contribution >= 0.6 is 27.3 Å². The molecule has 1 N–H and O–H groups in total. The molecule has 0 saturated heterocycles. The van der Waals surface area contributed by atoms with Crippen molar-refractivity contribution < 1.29 is 18.7 Å². The molecular formula is C14H11BrFNO3S. The Kier molecular flexibility index (Phi) is 5.08. The van der Waals surface area contributed by atoms with E-state index in [4.69, 9.17) is 0 Å². The lowest BCUT2D eigenvalue weighted by molar-refractivity contribution is -0.115. The molecule has 0 unspecified atom stereocenters. The summed E-state index contributed by atoms with van der Waals surface area (Å²) in [6.07, 6.45) is 0.0865. The first-order valence-electron chi connectivity index (χ1n) is 5.91. The number of benzene rings is 1. The Labute approximate surface area is 133 Å². The van der Waals surface area contributed by atoms with Gasteiger partial charge in [-0.2, -0.15) is 0 Å². The summed E-state index contributed by atoms with van der Waals surface area (Å²) in [6.45, 7) is 0. The van der Waals surface area contributed by atoms with Gasteiger partial charge in [-0.3, -0.25) is 4.79 Å². The van der Waals surface area contributed by atoms with Crippen LogP contribution in [0.25, 0.3) is 0 Å². The van der Waals surface area contributed by atoms with Crippen LogP contribution < -0.4 is 5.32 Å². The third-order valence-electron chi connectivity index (χ3n) is 2.66. The van der Waals surface area contributed by atoms with Crippen LogP contribution in [-0.2, 0) is 16.0 Å². The van der Waals surface area contributed by atoms with Crippen LogP contribution in [0, 0.1) is 5.82 Å². The number of amides is 1. The van der Waals surface area contributed by atoms with Gasteiger partial charge in [-0.1, -0.05) is 12.1 Å². The van der Waals surface area contributed by atoms with Crippen molar-refractivity contribution in [3.63, 3.8) is 0 Å². The lowest BCUT2D eigenvalue weighted by Gasteiger charge is -2.07. The second kappa shape index (κ2) is 6.82. The molecule has 1 amide bonds. The van der Waals surface area contributed by atoms with E-state index in [1.165, 1.54) is 30.6 Å². The van der Waals surface area contributed by atoms with E-state index in [9.17, 15) is 14.0 Å². The van der Waals surface area contributed by atoms with Crippen LogP contribution in [0.1, 0.15) is 15.2 Å². The van der Waals surface area contributed by atoms with Gasteiger partial charge in [-0.15, -0.1) is 11.3 Å². The largest absolute Gasteiger partial charge is 0.465 e. The summed E-state index contributed by atoms with van der Waals surface area (Å²) in [5.41, 5.74) is 1.07. The number of hydrogen-bond acceptors (Lipinski definition) is 4. The van der Waals surface area contributed by atoms with Gasteiger partial charge in [-0.25, -0.2) is 9.18 Å². The number of methoxy groups -OCH3 is 1. The average molecular weight is 372 g/mol. The average Bonchev–Trinajstić information content (AvgIpc) is 2.82. The van der Waals surface area contributed by atoms with E-state index < -0.39 is 5.97 Å². The SMILES string of the molecule is COC(=O)c1scc(Br)c1NC(=O)Cc1ccc(F)cc1. The van der Waals surface area contributed by atoms with Gasteiger partial charge in [0.15, 0.2) is 0 Å². The molecule has 0 fully saturated rings. The molecule has 0 saturated carbocycles. The number of hydrogen-bond donors (Lipinski definition) is 1.